The second-order valence-electron chi connectivity index (χ2n) is 27.9. The fourth-order valence-electron chi connectivity index (χ4n) is 11.1. The molecule has 0 bridgehead atoms. The number of aromatic nitrogens is 1. The van der Waals surface area contributed by atoms with Crippen molar-refractivity contribution in [3.8, 4) is 0 Å². The third kappa shape index (κ3) is 33.0. The number of rotatable bonds is 50. The zero-order valence-corrected chi connectivity index (χ0v) is 64.3. The van der Waals surface area contributed by atoms with E-state index in [1.165, 1.54) is 6.92 Å². The van der Waals surface area contributed by atoms with Gasteiger partial charge < -0.3 is 127 Å². The number of amides is 12. The number of carbonyl (C=O) groups excluding carboxylic acids is 12. The Balaban J connectivity index is 2.51. The summed E-state index contributed by atoms with van der Waals surface area (Å²) in [4.78, 5) is 189. The van der Waals surface area contributed by atoms with Gasteiger partial charge in [0.2, 0.25) is 70.9 Å². The molecule has 0 aliphatic heterocycles. The minimum absolute atomic E-state index is 0.00278. The zero-order valence-electron chi connectivity index (χ0n) is 64.3. The minimum atomic E-state index is -1.45. The van der Waals surface area contributed by atoms with Crippen molar-refractivity contribution in [1.82, 2.24) is 63.5 Å². The van der Waals surface area contributed by atoms with Gasteiger partial charge in [0, 0.05) is 49.7 Å². The summed E-state index contributed by atoms with van der Waals surface area (Å²) in [5.41, 5.74) is 63.2. The maximum absolute atomic E-state index is 14.9. The van der Waals surface area contributed by atoms with Crippen LogP contribution in [0.25, 0.3) is 10.9 Å². The lowest BCUT2D eigenvalue weighted by atomic mass is 9.95. The number of aromatic amines is 1. The molecule has 0 unspecified atom stereocenters. The second kappa shape index (κ2) is 47.9. The van der Waals surface area contributed by atoms with E-state index < -0.39 is 167 Å². The summed E-state index contributed by atoms with van der Waals surface area (Å²) < 4.78 is 0. The van der Waals surface area contributed by atoms with Gasteiger partial charge in [-0.05, 0) is 112 Å². The molecule has 2 rings (SSSR count). The lowest BCUT2D eigenvalue weighted by molar-refractivity contribution is -0.137. The number of aliphatic imine (C=N–C) groups is 4. The van der Waals surface area contributed by atoms with Crippen molar-refractivity contribution in [3.63, 3.8) is 0 Å². The van der Waals surface area contributed by atoms with Gasteiger partial charge in [-0.1, -0.05) is 100 Å². The van der Waals surface area contributed by atoms with Gasteiger partial charge in [0.05, 0.1) is 6.04 Å². The predicted molar refractivity (Wildman–Crippen MR) is 413 cm³/mol. The number of guanidine groups is 4. The first kappa shape index (κ1) is 93.5. The van der Waals surface area contributed by atoms with E-state index in [2.05, 4.69) is 83.4 Å². The molecule has 606 valence electrons. The number of primary amides is 1. The topological polar surface area (TPSA) is 689 Å². The van der Waals surface area contributed by atoms with Crippen molar-refractivity contribution in [1.29, 1.82) is 0 Å². The molecule has 39 nitrogen and oxygen atoms in total. The summed E-state index contributed by atoms with van der Waals surface area (Å²) in [6.07, 6.45) is 2.74. The minimum Gasteiger partial charge on any atom is -0.370 e. The van der Waals surface area contributed by atoms with E-state index in [0.29, 0.717) is 29.3 Å². The fourth-order valence-corrected chi connectivity index (χ4v) is 11.1. The van der Waals surface area contributed by atoms with E-state index in [9.17, 15) is 57.5 Å². The van der Waals surface area contributed by atoms with Gasteiger partial charge in [-0.2, -0.15) is 0 Å². The van der Waals surface area contributed by atoms with Crippen LogP contribution in [0.2, 0.25) is 0 Å². The molecule has 108 heavy (non-hydrogen) atoms. The molecule has 0 aliphatic carbocycles. The van der Waals surface area contributed by atoms with Crippen molar-refractivity contribution in [2.24, 2.45) is 113 Å². The van der Waals surface area contributed by atoms with Crippen LogP contribution in [0, 0.1) is 29.6 Å². The van der Waals surface area contributed by atoms with Crippen molar-refractivity contribution in [2.75, 3.05) is 32.7 Å². The van der Waals surface area contributed by atoms with E-state index >= 15 is 0 Å². The number of H-pyrrole nitrogens is 1. The standard InChI is InChI=1S/C69H123N27O12/c1-12-37(9)52(64(107)92-48(32-40-33-85-42-21-15-14-20-41(40)42)60(103)88-44(23-17-29-82-67(75)76)56(99)87-43(54(72)97)22-16-28-81-66(73)74)95-58(101)46(25-19-31-84-69(79)80)91-63(106)51(36(7)8)93-55(98)39(11)86-62(105)50(35(5)6)94-65(108)53(38(10)13-2)96-59(102)47(26-27-70)89-57(100)45(24-18-30-83-68(77)78)90-61(104)49(71)34(3)4/h14-15,20-21,33-39,43-53,85H,12-13,16-19,22-32,70-71H2,1-11H3,(H2,72,97)(H,86,105)(H,87,99)(H,88,103)(H,89,100)(H,90,104)(H,91,106)(H,92,107)(H,93,98)(H,94,108)(H,95,101)(H,96,102)(H4,73,74,81)(H4,75,76,82)(H4,77,78,83)(H4,79,80,84)/t37-,38-,39-,43-,44-,45-,46-,47-,48-,49-,50-,51-,52-,53-/m0/s1. The van der Waals surface area contributed by atoms with Crippen molar-refractivity contribution in [2.45, 2.75) is 226 Å². The molecule has 0 radical (unpaired) electrons. The Morgan fingerprint density at radius 1 is 0.380 bits per heavy atom. The van der Waals surface area contributed by atoms with Crippen molar-refractivity contribution in [3.05, 3.63) is 36.0 Å². The van der Waals surface area contributed by atoms with Crippen LogP contribution in [-0.4, -0.2) is 205 Å². The molecule has 12 amide bonds. The van der Waals surface area contributed by atoms with Crippen molar-refractivity contribution < 1.29 is 57.5 Å². The van der Waals surface area contributed by atoms with Gasteiger partial charge in [-0.25, -0.2) is 0 Å². The molecule has 14 atom stereocenters. The van der Waals surface area contributed by atoms with Crippen LogP contribution in [0.1, 0.15) is 152 Å². The molecule has 0 fully saturated rings. The number of hydrogen-bond donors (Lipinski definition) is 23. The molecule has 0 aliphatic rings. The molecule has 0 saturated carbocycles. The summed E-state index contributed by atoms with van der Waals surface area (Å²) in [7, 11) is 0. The van der Waals surface area contributed by atoms with Gasteiger partial charge in [0.25, 0.3) is 0 Å². The lowest BCUT2D eigenvalue weighted by Gasteiger charge is -2.31. The second-order valence-corrected chi connectivity index (χ2v) is 27.9. The Kier molecular flexibility index (Phi) is 41.4. The van der Waals surface area contributed by atoms with Crippen LogP contribution in [0.3, 0.4) is 0 Å². The third-order valence-electron chi connectivity index (χ3n) is 18.0. The van der Waals surface area contributed by atoms with Crippen LogP contribution in [-0.2, 0) is 64.0 Å². The number of para-hydroxylation sites is 1. The highest BCUT2D eigenvalue weighted by molar-refractivity contribution is 6.00. The normalized spacial score (nSPS) is 15.1. The number of nitrogens with zero attached hydrogens (tertiary/aromatic N) is 4. The zero-order chi connectivity index (χ0) is 81.7. The number of hydrogen-bond acceptors (Lipinski definition) is 18. The Labute approximate surface area is 631 Å². The van der Waals surface area contributed by atoms with E-state index in [-0.39, 0.29) is 127 Å². The van der Waals surface area contributed by atoms with E-state index in [4.69, 9.17) is 63.1 Å². The van der Waals surface area contributed by atoms with Crippen LogP contribution in [0.4, 0.5) is 0 Å². The molecule has 2 aromatic rings. The van der Waals surface area contributed by atoms with Crippen LogP contribution in [0.5, 0.6) is 0 Å². The van der Waals surface area contributed by atoms with Crippen molar-refractivity contribution >= 4 is 106 Å². The number of carbonyl (C=O) groups is 12. The van der Waals surface area contributed by atoms with Gasteiger partial charge in [-0.15, -0.1) is 0 Å². The Morgan fingerprint density at radius 3 is 1.10 bits per heavy atom. The molecular weight excluding hydrogens is 1400 g/mol. The smallest absolute Gasteiger partial charge is 0.243 e. The van der Waals surface area contributed by atoms with E-state index in [1.807, 2.05) is 6.07 Å². The number of benzene rings is 1. The highest BCUT2D eigenvalue weighted by Crippen LogP contribution is 2.21. The molecule has 1 aromatic heterocycles. The van der Waals surface area contributed by atoms with E-state index in [1.54, 1.807) is 93.6 Å². The maximum atomic E-state index is 14.9. The lowest BCUT2D eigenvalue weighted by Crippen LogP contribution is -2.62. The molecule has 1 heterocycles. The Morgan fingerprint density at radius 2 is 0.704 bits per heavy atom. The van der Waals surface area contributed by atoms with Gasteiger partial charge >= 0.3 is 0 Å². The highest BCUT2D eigenvalue weighted by Gasteiger charge is 2.39. The van der Waals surface area contributed by atoms with Gasteiger partial charge in [-0.3, -0.25) is 77.5 Å². The number of nitrogens with one attached hydrogen (secondary N) is 12. The molecule has 34 N–H and O–H groups in total. The monoisotopic (exact) mass is 1520 g/mol. The summed E-state index contributed by atoms with van der Waals surface area (Å²) in [6.45, 7) is 18.5. The summed E-state index contributed by atoms with van der Waals surface area (Å²) in [6, 6.07) is -8.38. The molecule has 0 saturated heterocycles. The first-order valence-corrected chi connectivity index (χ1v) is 36.6. The average molecular weight is 1520 g/mol. The first-order chi connectivity index (χ1) is 50.8. The first-order valence-electron chi connectivity index (χ1n) is 36.6. The SMILES string of the molecule is CC[C@H](C)[C@H](NC(=O)[C@H](CCCN=C(N)N)NC(=O)[C@@H](NC(=O)[C@H](C)NC(=O)[C@@H](NC(=O)[C@@H](NC(=O)[C@H](CCN)NC(=O)[C@H](CCCN=C(N)N)NC(=O)[C@@H](N)C(C)C)[C@@H](C)CC)C(C)C)C(C)C)C(=O)N[C@@H](Cc1c[nH]c2ccccc12)C(=O)N[C@@H](CCCN=C(N)N)C(=O)N[C@@H](CCCN=C(N)N)C(N)=O. The highest BCUT2D eigenvalue weighted by atomic mass is 16.2. The average Bonchev–Trinajstić information content (AvgIpc) is 1.63. The molecular formula is C69H123N27O12. The van der Waals surface area contributed by atoms with Crippen LogP contribution < -0.4 is 122 Å². The summed E-state index contributed by atoms with van der Waals surface area (Å²) in [5, 5.41) is 30.4. The third-order valence-corrected chi connectivity index (χ3v) is 18.0. The number of nitrogens with two attached hydrogens (primary N) is 11. The fraction of sp³-hybridized carbons (Fsp3) is 0.652. The van der Waals surface area contributed by atoms with Crippen LogP contribution >= 0.6 is 0 Å². The van der Waals surface area contributed by atoms with E-state index in [0.717, 1.165) is 0 Å². The predicted octanol–water partition coefficient (Wildman–Crippen LogP) is -5.50. The molecule has 1 aromatic carbocycles. The van der Waals surface area contributed by atoms with Gasteiger partial charge in [0.15, 0.2) is 23.8 Å². The molecule has 39 heteroatoms. The quantitative estimate of drug-likeness (QED) is 0.0167. The maximum Gasteiger partial charge on any atom is 0.243 e. The summed E-state index contributed by atoms with van der Waals surface area (Å²) >= 11 is 0. The number of fused-ring (bicyclic) bond motifs is 1. The van der Waals surface area contributed by atoms with Gasteiger partial charge in [0.1, 0.15) is 66.5 Å². The molecule has 0 spiro atoms. The Hall–Kier alpha value is -10.6. The summed E-state index contributed by atoms with van der Waals surface area (Å²) in [5.74, 6) is -13.2. The Bertz CT molecular complexity index is 3420. The largest absolute Gasteiger partial charge is 0.370 e. The van der Waals surface area contributed by atoms with Crippen LogP contribution in [0.15, 0.2) is 50.4 Å².